The van der Waals surface area contributed by atoms with Gasteiger partial charge in [-0.1, -0.05) is 18.2 Å². The number of fused-ring (bicyclic) bond motifs is 1. The van der Waals surface area contributed by atoms with Crippen molar-refractivity contribution in [2.45, 2.75) is 37.8 Å². The van der Waals surface area contributed by atoms with Crippen LogP contribution in [0.5, 0.6) is 0 Å². The maximum atomic E-state index is 13.9. The number of nitrogens with zero attached hydrogens (tertiary/aromatic N) is 2. The fourth-order valence-corrected chi connectivity index (χ4v) is 4.08. The summed E-state index contributed by atoms with van der Waals surface area (Å²) < 4.78 is 13.9. The van der Waals surface area contributed by atoms with Crippen molar-refractivity contribution in [1.82, 2.24) is 15.2 Å². The number of rotatable bonds is 2. The van der Waals surface area contributed by atoms with Crippen LogP contribution in [0.1, 0.15) is 30.5 Å². The number of anilines is 1. The van der Waals surface area contributed by atoms with E-state index in [4.69, 9.17) is 0 Å². The Hall–Kier alpha value is -2.47. The Morgan fingerprint density at radius 2 is 1.96 bits per heavy atom. The van der Waals surface area contributed by atoms with Gasteiger partial charge in [-0.15, -0.1) is 0 Å². The molecule has 0 atom stereocenters. The van der Waals surface area contributed by atoms with Gasteiger partial charge in [-0.2, -0.15) is 0 Å². The van der Waals surface area contributed by atoms with Crippen LogP contribution in [0.4, 0.5) is 10.1 Å². The molecule has 1 amide bonds. The summed E-state index contributed by atoms with van der Waals surface area (Å²) in [6.45, 7) is 2.78. The van der Waals surface area contributed by atoms with Gasteiger partial charge in [0.15, 0.2) is 0 Å². The number of pyridine rings is 1. The zero-order chi connectivity index (χ0) is 18.7. The lowest BCUT2D eigenvalue weighted by Gasteiger charge is -2.42. The molecule has 1 spiro atoms. The van der Waals surface area contributed by atoms with Crippen LogP contribution in [0.2, 0.25) is 0 Å². The van der Waals surface area contributed by atoms with Gasteiger partial charge in [-0.25, -0.2) is 4.39 Å². The van der Waals surface area contributed by atoms with E-state index in [0.29, 0.717) is 25.2 Å². The van der Waals surface area contributed by atoms with Gasteiger partial charge in [-0.3, -0.25) is 14.7 Å². The smallest absolute Gasteiger partial charge is 0.222 e. The van der Waals surface area contributed by atoms with Crippen molar-refractivity contribution in [2.75, 3.05) is 25.0 Å². The second-order valence-electron chi connectivity index (χ2n) is 7.55. The van der Waals surface area contributed by atoms with Crippen LogP contribution in [0.25, 0.3) is 0 Å². The van der Waals surface area contributed by atoms with Crippen molar-refractivity contribution >= 4 is 11.6 Å². The second kappa shape index (κ2) is 7.64. The maximum absolute atomic E-state index is 13.9. The molecule has 0 saturated carbocycles. The average molecular weight is 368 g/mol. The predicted molar refractivity (Wildman–Crippen MR) is 103 cm³/mol. The van der Waals surface area contributed by atoms with Crippen LogP contribution >= 0.6 is 0 Å². The summed E-state index contributed by atoms with van der Waals surface area (Å²) >= 11 is 0. The minimum absolute atomic E-state index is 0.0968. The molecule has 2 aliphatic heterocycles. The first-order valence-corrected chi connectivity index (χ1v) is 9.58. The van der Waals surface area contributed by atoms with E-state index < -0.39 is 0 Å². The number of hydrogen-bond acceptors (Lipinski definition) is 4. The van der Waals surface area contributed by atoms with Gasteiger partial charge in [0, 0.05) is 50.0 Å². The Kier molecular flexibility index (Phi) is 5.07. The number of likely N-dealkylation sites (tertiary alicyclic amines) is 1. The van der Waals surface area contributed by atoms with E-state index in [-0.39, 0.29) is 17.3 Å². The molecule has 0 bridgehead atoms. The number of halogens is 1. The molecule has 6 heteroatoms. The fraction of sp³-hybridized carbons (Fsp3) is 0.429. The van der Waals surface area contributed by atoms with Gasteiger partial charge >= 0.3 is 0 Å². The zero-order valence-corrected chi connectivity index (χ0v) is 15.4. The van der Waals surface area contributed by atoms with Crippen LogP contribution in [-0.2, 0) is 17.8 Å². The molecule has 1 aromatic carbocycles. The highest BCUT2D eigenvalue weighted by molar-refractivity contribution is 5.78. The lowest BCUT2D eigenvalue weighted by atomic mass is 9.83. The SMILES string of the molecule is O=C1CC2(CCN(Cc3ncccc3F)CC2)Nc2ccccc2CCN1. The van der Waals surface area contributed by atoms with Gasteiger partial charge in [0.25, 0.3) is 0 Å². The molecule has 0 radical (unpaired) electrons. The van der Waals surface area contributed by atoms with Crippen LogP contribution in [-0.4, -0.2) is 41.0 Å². The molecule has 1 saturated heterocycles. The van der Waals surface area contributed by atoms with E-state index in [0.717, 1.165) is 38.0 Å². The average Bonchev–Trinajstić information content (AvgIpc) is 2.73. The molecule has 0 aliphatic carbocycles. The van der Waals surface area contributed by atoms with E-state index in [2.05, 4.69) is 32.7 Å². The van der Waals surface area contributed by atoms with E-state index in [1.807, 2.05) is 12.1 Å². The van der Waals surface area contributed by atoms with Gasteiger partial charge < -0.3 is 10.6 Å². The van der Waals surface area contributed by atoms with Crippen LogP contribution < -0.4 is 10.6 Å². The summed E-state index contributed by atoms with van der Waals surface area (Å²) in [5.74, 6) is -0.161. The van der Waals surface area contributed by atoms with E-state index in [1.54, 1.807) is 12.3 Å². The number of carbonyl (C=O) groups excluding carboxylic acids is 1. The number of hydrogen-bond donors (Lipinski definition) is 2. The third-order valence-electron chi connectivity index (χ3n) is 5.65. The molecule has 2 aromatic rings. The predicted octanol–water partition coefficient (Wildman–Crippen LogP) is 2.73. The Balaban J connectivity index is 1.49. The lowest BCUT2D eigenvalue weighted by molar-refractivity contribution is -0.122. The van der Waals surface area contributed by atoms with E-state index >= 15 is 0 Å². The minimum atomic E-state index is -0.260. The topological polar surface area (TPSA) is 57.3 Å². The standard InChI is InChI=1S/C21H25FN4O/c22-17-5-3-10-23-19(17)15-26-12-8-21(9-13-26)14-20(27)24-11-7-16-4-1-2-6-18(16)25-21/h1-6,10,25H,7-9,11-15H2,(H,24,27). The van der Waals surface area contributed by atoms with Crippen molar-refractivity contribution in [3.8, 4) is 0 Å². The first-order chi connectivity index (χ1) is 13.1. The molecule has 5 nitrogen and oxygen atoms in total. The fourth-order valence-electron chi connectivity index (χ4n) is 4.08. The molecule has 2 N–H and O–H groups in total. The van der Waals surface area contributed by atoms with Crippen molar-refractivity contribution in [1.29, 1.82) is 0 Å². The van der Waals surface area contributed by atoms with Crippen LogP contribution in [0.3, 0.4) is 0 Å². The molecular formula is C21H25FN4O. The molecular weight excluding hydrogens is 343 g/mol. The third kappa shape index (κ3) is 4.11. The maximum Gasteiger partial charge on any atom is 0.222 e. The number of para-hydroxylation sites is 1. The first kappa shape index (κ1) is 17.9. The van der Waals surface area contributed by atoms with Crippen molar-refractivity contribution < 1.29 is 9.18 Å². The normalized spacial score (nSPS) is 20.0. The molecule has 2 aliphatic rings. The number of carbonyl (C=O) groups is 1. The Morgan fingerprint density at radius 1 is 1.15 bits per heavy atom. The Morgan fingerprint density at radius 3 is 2.78 bits per heavy atom. The van der Waals surface area contributed by atoms with E-state index in [9.17, 15) is 9.18 Å². The zero-order valence-electron chi connectivity index (χ0n) is 15.4. The Labute approximate surface area is 159 Å². The largest absolute Gasteiger partial charge is 0.379 e. The quantitative estimate of drug-likeness (QED) is 0.856. The summed E-state index contributed by atoms with van der Waals surface area (Å²) in [6.07, 6.45) is 4.60. The lowest BCUT2D eigenvalue weighted by Crippen LogP contribution is -2.51. The van der Waals surface area contributed by atoms with Crippen LogP contribution in [0, 0.1) is 5.82 Å². The Bertz CT molecular complexity index is 817. The summed E-state index contributed by atoms with van der Waals surface area (Å²) in [5.41, 5.74) is 2.58. The van der Waals surface area contributed by atoms with Gasteiger partial charge in [0.05, 0.1) is 5.69 Å². The van der Waals surface area contributed by atoms with Crippen molar-refractivity contribution in [2.24, 2.45) is 0 Å². The molecule has 142 valence electrons. The summed E-state index contributed by atoms with van der Waals surface area (Å²) in [5, 5.41) is 6.75. The molecule has 1 fully saturated rings. The first-order valence-electron chi connectivity index (χ1n) is 9.58. The molecule has 3 heterocycles. The monoisotopic (exact) mass is 368 g/mol. The molecule has 1 aromatic heterocycles. The number of nitrogens with one attached hydrogen (secondary N) is 2. The molecule has 27 heavy (non-hydrogen) atoms. The van der Waals surface area contributed by atoms with Crippen molar-refractivity contribution in [3.63, 3.8) is 0 Å². The van der Waals surface area contributed by atoms with Crippen LogP contribution in [0.15, 0.2) is 42.6 Å². The van der Waals surface area contributed by atoms with Gasteiger partial charge in [0.2, 0.25) is 5.91 Å². The third-order valence-corrected chi connectivity index (χ3v) is 5.65. The number of aromatic nitrogens is 1. The number of benzene rings is 1. The number of piperidine rings is 1. The van der Waals surface area contributed by atoms with Gasteiger partial charge in [0.1, 0.15) is 5.82 Å². The highest BCUT2D eigenvalue weighted by atomic mass is 19.1. The summed E-state index contributed by atoms with van der Waals surface area (Å²) in [6, 6.07) is 11.4. The second-order valence-corrected chi connectivity index (χ2v) is 7.55. The van der Waals surface area contributed by atoms with Gasteiger partial charge in [-0.05, 0) is 43.0 Å². The summed E-state index contributed by atoms with van der Waals surface area (Å²) in [4.78, 5) is 18.8. The minimum Gasteiger partial charge on any atom is -0.379 e. The van der Waals surface area contributed by atoms with E-state index in [1.165, 1.54) is 11.6 Å². The molecule has 4 rings (SSSR count). The highest BCUT2D eigenvalue weighted by Crippen LogP contribution is 2.33. The van der Waals surface area contributed by atoms with Crippen molar-refractivity contribution in [3.05, 3.63) is 59.7 Å². The number of amides is 1. The highest BCUT2D eigenvalue weighted by Gasteiger charge is 2.37. The summed E-state index contributed by atoms with van der Waals surface area (Å²) in [7, 11) is 0. The molecule has 0 unspecified atom stereocenters.